The van der Waals surface area contributed by atoms with Gasteiger partial charge in [0.25, 0.3) is 0 Å². The first-order chi connectivity index (χ1) is 43.6. The van der Waals surface area contributed by atoms with E-state index in [1.807, 2.05) is 134 Å². The number of rotatable bonds is 27. The van der Waals surface area contributed by atoms with Crippen LogP contribution in [0.25, 0.3) is 0 Å². The second-order valence-corrected chi connectivity index (χ2v) is 23.9. The number of nitrogens with one attached hydrogen (secondary N) is 2. The van der Waals surface area contributed by atoms with E-state index in [9.17, 15) is 29.4 Å². The molecule has 6 atom stereocenters. The van der Waals surface area contributed by atoms with Gasteiger partial charge in [0, 0.05) is 53.4 Å². The number of methoxy groups -OCH3 is 1. The Hall–Kier alpha value is -7.99. The molecular formula is C72H87ClN4O13. The van der Waals surface area contributed by atoms with Gasteiger partial charge < -0.3 is 54.0 Å². The lowest BCUT2D eigenvalue weighted by atomic mass is 9.81. The zero-order valence-electron chi connectivity index (χ0n) is 53.2. The number of aliphatic carboxylic acids is 2. The number of halogens is 1. The molecule has 6 aromatic rings. The second-order valence-electron chi connectivity index (χ2n) is 23.5. The Morgan fingerprint density at radius 1 is 0.556 bits per heavy atom. The van der Waals surface area contributed by atoms with Gasteiger partial charge in [0.2, 0.25) is 31.1 Å². The molecule has 90 heavy (non-hydrogen) atoms. The Morgan fingerprint density at radius 3 is 1.52 bits per heavy atom. The third kappa shape index (κ3) is 15.2. The molecule has 0 aromatic heterocycles. The summed E-state index contributed by atoms with van der Waals surface area (Å²) in [5.74, 6) is -0.395. The fourth-order valence-electron chi connectivity index (χ4n) is 13.3. The number of carboxylic acid groups (broad SMARTS) is 2. The SMILES string of the molecule is CCCCCOc1ccc([C@H]2C(C(=O)O)[C@@H](c3cc(OC)c4c(c3)OCO4)CN2CC(=O)Nc2c(CC)cc(Cl)cc2CC)cc1.CCCCCOc1ccc([C@H]2C(C(=O)O)[C@@H](c3ccc4c(c3C)OCO4)CN2CC(=O)Nc2c(CC)cccc2CC)cc1. The van der Waals surface area contributed by atoms with E-state index in [0.717, 1.165) is 124 Å². The fourth-order valence-corrected chi connectivity index (χ4v) is 13.6. The van der Waals surface area contributed by atoms with Crippen molar-refractivity contribution >= 4 is 46.7 Å². The smallest absolute Gasteiger partial charge is 0.309 e. The lowest BCUT2D eigenvalue weighted by Gasteiger charge is -2.27. The molecule has 4 heterocycles. The van der Waals surface area contributed by atoms with Crippen LogP contribution in [-0.4, -0.2) is 104 Å². The van der Waals surface area contributed by atoms with Crippen molar-refractivity contribution in [2.24, 2.45) is 11.8 Å². The molecule has 2 unspecified atom stereocenters. The molecule has 17 nitrogen and oxygen atoms in total. The average Bonchev–Trinajstić information content (AvgIpc) is 1.61. The minimum absolute atomic E-state index is 0.00314. The number of carbonyl (C=O) groups excluding carboxylic acids is 2. The molecule has 0 bridgehead atoms. The van der Waals surface area contributed by atoms with E-state index >= 15 is 0 Å². The van der Waals surface area contributed by atoms with Gasteiger partial charge in [-0.25, -0.2) is 0 Å². The van der Waals surface area contributed by atoms with Crippen molar-refractivity contribution in [2.45, 2.75) is 137 Å². The van der Waals surface area contributed by atoms with E-state index in [-0.39, 0.29) is 44.4 Å². The van der Waals surface area contributed by atoms with Crippen LogP contribution in [0, 0.1) is 18.8 Å². The van der Waals surface area contributed by atoms with Crippen molar-refractivity contribution in [1.82, 2.24) is 9.80 Å². The third-order valence-corrected chi connectivity index (χ3v) is 18.0. The maximum atomic E-state index is 13.8. The molecule has 2 fully saturated rings. The minimum atomic E-state index is -0.950. The summed E-state index contributed by atoms with van der Waals surface area (Å²) in [7, 11) is 1.54. The molecule has 0 saturated carbocycles. The number of carbonyl (C=O) groups is 4. The van der Waals surface area contributed by atoms with Gasteiger partial charge in [-0.15, -0.1) is 0 Å². The van der Waals surface area contributed by atoms with Crippen molar-refractivity contribution in [3.63, 3.8) is 0 Å². The molecule has 18 heteroatoms. The van der Waals surface area contributed by atoms with Gasteiger partial charge in [-0.1, -0.05) is 127 Å². The molecule has 2 saturated heterocycles. The number of nitrogens with zero attached hydrogens (tertiary/aromatic N) is 2. The van der Waals surface area contributed by atoms with E-state index in [4.69, 9.17) is 44.8 Å². The predicted molar refractivity (Wildman–Crippen MR) is 348 cm³/mol. The van der Waals surface area contributed by atoms with E-state index in [0.29, 0.717) is 72.9 Å². The number of amides is 2. The van der Waals surface area contributed by atoms with Gasteiger partial charge in [-0.2, -0.15) is 0 Å². The second kappa shape index (κ2) is 31.2. The van der Waals surface area contributed by atoms with Gasteiger partial charge in [-0.3, -0.25) is 29.0 Å². The molecule has 6 aromatic carbocycles. The number of fused-ring (bicyclic) bond motifs is 2. The van der Waals surface area contributed by atoms with Crippen molar-refractivity contribution in [1.29, 1.82) is 0 Å². The number of anilines is 2. The number of unbranched alkanes of at least 4 members (excludes halogenated alkanes) is 4. The van der Waals surface area contributed by atoms with Gasteiger partial charge in [0.05, 0.1) is 45.2 Å². The largest absolute Gasteiger partial charge is 0.494 e. The fraction of sp³-hybridized carbons (Fsp3) is 0.444. The van der Waals surface area contributed by atoms with Crippen molar-refractivity contribution in [3.05, 3.63) is 158 Å². The lowest BCUT2D eigenvalue weighted by molar-refractivity contribution is -0.144. The first-order valence-corrected chi connectivity index (χ1v) is 32.3. The number of para-hydroxylation sites is 1. The van der Waals surface area contributed by atoms with Crippen LogP contribution in [0.5, 0.6) is 40.2 Å². The molecule has 480 valence electrons. The zero-order chi connectivity index (χ0) is 64.0. The minimum Gasteiger partial charge on any atom is -0.494 e. The molecule has 0 radical (unpaired) electrons. The number of benzene rings is 6. The third-order valence-electron chi connectivity index (χ3n) is 17.8. The Kier molecular flexibility index (Phi) is 23.0. The van der Waals surface area contributed by atoms with E-state index in [1.54, 1.807) is 7.11 Å². The number of likely N-dealkylation sites (tertiary alicyclic amines) is 2. The van der Waals surface area contributed by atoms with Crippen LogP contribution in [-0.2, 0) is 44.9 Å². The molecule has 0 aliphatic carbocycles. The summed E-state index contributed by atoms with van der Waals surface area (Å²) in [4.78, 5) is 57.6. The molecule has 2 amide bonds. The van der Waals surface area contributed by atoms with Gasteiger partial charge in [-0.05, 0) is 150 Å². The summed E-state index contributed by atoms with van der Waals surface area (Å²) < 4.78 is 40.0. The maximum absolute atomic E-state index is 13.8. The molecule has 0 spiro atoms. The summed E-state index contributed by atoms with van der Waals surface area (Å²) in [6.07, 6.45) is 9.41. The van der Waals surface area contributed by atoms with Crippen LogP contribution in [0.3, 0.4) is 0 Å². The number of ether oxygens (including phenoxy) is 7. The predicted octanol–water partition coefficient (Wildman–Crippen LogP) is 14.1. The molecule has 4 aliphatic heterocycles. The first kappa shape index (κ1) is 66.4. The quantitative estimate of drug-likeness (QED) is 0.0354. The van der Waals surface area contributed by atoms with Crippen LogP contribution in [0.4, 0.5) is 11.4 Å². The molecule has 4 aliphatic rings. The first-order valence-electron chi connectivity index (χ1n) is 31.9. The van der Waals surface area contributed by atoms with E-state index in [1.165, 1.54) is 0 Å². The van der Waals surface area contributed by atoms with Crippen LogP contribution in [0.15, 0.2) is 103 Å². The van der Waals surface area contributed by atoms with Crippen LogP contribution in [0.2, 0.25) is 5.02 Å². The van der Waals surface area contributed by atoms with Gasteiger partial charge in [0.1, 0.15) is 11.5 Å². The van der Waals surface area contributed by atoms with Crippen LogP contribution in [0.1, 0.15) is 154 Å². The normalized spacial score (nSPS) is 19.0. The highest BCUT2D eigenvalue weighted by molar-refractivity contribution is 6.30. The van der Waals surface area contributed by atoms with Gasteiger partial charge in [0.15, 0.2) is 23.0 Å². The molecular weight excluding hydrogens is 1160 g/mol. The Bertz CT molecular complexity index is 3420. The monoisotopic (exact) mass is 1250 g/mol. The number of hydrogen-bond acceptors (Lipinski definition) is 13. The summed E-state index contributed by atoms with van der Waals surface area (Å²) >= 11 is 6.36. The van der Waals surface area contributed by atoms with Gasteiger partial charge >= 0.3 is 11.9 Å². The highest BCUT2D eigenvalue weighted by Crippen LogP contribution is 2.52. The van der Waals surface area contributed by atoms with Crippen LogP contribution >= 0.6 is 11.6 Å². The number of hydrogen-bond donors (Lipinski definition) is 4. The summed E-state index contributed by atoms with van der Waals surface area (Å²) in [6.45, 7) is 16.7. The van der Waals surface area contributed by atoms with Crippen molar-refractivity contribution < 1.29 is 62.5 Å². The Balaban J connectivity index is 0.000000214. The highest BCUT2D eigenvalue weighted by atomic mass is 35.5. The van der Waals surface area contributed by atoms with Crippen molar-refractivity contribution in [3.8, 4) is 40.2 Å². The zero-order valence-corrected chi connectivity index (χ0v) is 53.9. The summed E-state index contributed by atoms with van der Waals surface area (Å²) in [5.41, 5.74) is 9.88. The molecule has 10 rings (SSSR count). The summed E-state index contributed by atoms with van der Waals surface area (Å²) in [5, 5.41) is 28.4. The van der Waals surface area contributed by atoms with Crippen molar-refractivity contribution in [2.75, 3.05) is 70.7 Å². The van der Waals surface area contributed by atoms with E-state index < -0.39 is 41.8 Å². The summed E-state index contributed by atoms with van der Waals surface area (Å²) in [6, 6.07) is 31.5. The lowest BCUT2D eigenvalue weighted by Crippen LogP contribution is -2.35. The Morgan fingerprint density at radius 2 is 1.03 bits per heavy atom. The molecule has 4 N–H and O–H groups in total. The van der Waals surface area contributed by atoms with Crippen LogP contribution < -0.4 is 43.8 Å². The topological polar surface area (TPSA) is 204 Å². The van der Waals surface area contributed by atoms with E-state index in [2.05, 4.69) is 38.3 Å². The average molecular weight is 1250 g/mol. The number of aryl methyl sites for hydroxylation is 4. The standard InChI is InChI=1S/C36H43ClN2O7.C36H44N2O6/c1-5-8-9-14-44-27-12-10-24(11-13-27)34-32(36(41)42)28(25-17-29(43-4)35-30(18-25)45-21-46-35)19-39(34)20-31(40)38-33-22(6-2)15-26(37)16-23(33)7-3;1-5-8-9-19-42-27-15-13-26(14-16-27)34-32(36(40)41)29(28-17-18-30-35(23(28)4)44-22-43-30)20-38(34)21-31(39)37-33-24(6-2)11-10-12-25(33)7-3/h10-13,15-18,28,32,34H,5-9,14,19-21H2,1-4H3,(H,38,40)(H,41,42);10-18,29,32,34H,5-9,19-22H2,1-4H3,(H,37,39)(H,40,41)/t28-,32?,34+;29-,32?,34+/m11/s1. The Labute approximate surface area is 534 Å². The maximum Gasteiger partial charge on any atom is 0.309 e. The highest BCUT2D eigenvalue weighted by Gasteiger charge is 2.50. The number of carboxylic acids is 2.